The predicted molar refractivity (Wildman–Crippen MR) is 161 cm³/mol. The van der Waals surface area contributed by atoms with Crippen LogP contribution in [0.3, 0.4) is 0 Å². The number of fused-ring (bicyclic) bond motifs is 8. The van der Waals surface area contributed by atoms with E-state index in [1.165, 1.54) is 56.8 Å². The highest BCUT2D eigenvalue weighted by atomic mass is 32.1. The number of nitrogens with zero attached hydrogens (tertiary/aromatic N) is 2. The first-order chi connectivity index (χ1) is 16.8. The van der Waals surface area contributed by atoms with Crippen molar-refractivity contribution in [3.8, 4) is 19.8 Å². The molecule has 0 fully saturated rings. The molecule has 0 radical (unpaired) electrons. The van der Waals surface area contributed by atoms with E-state index in [2.05, 4.69) is 47.2 Å². The second kappa shape index (κ2) is 6.92. The minimum atomic E-state index is 1.08. The number of hydrogen-bond donors (Lipinski definition) is 0. The van der Waals surface area contributed by atoms with Crippen LogP contribution in [-0.2, 0) is 0 Å². The van der Waals surface area contributed by atoms with E-state index in [4.69, 9.17) is 9.97 Å². The average molecular weight is 581 g/mol. The maximum Gasteiger partial charge on any atom is 0.134 e. The molecule has 0 aliphatic heterocycles. The summed E-state index contributed by atoms with van der Waals surface area (Å²) in [6.45, 7) is 0. The molecule has 0 N–H and O–H groups in total. The highest BCUT2D eigenvalue weighted by Crippen LogP contribution is 2.48. The SMILES string of the molecule is c1cc2sc3cc(-c4nc5cc6sc(-c7cc8sc9ccsc9c8s7)nc6cc5s4)sc3c2s1. The summed E-state index contributed by atoms with van der Waals surface area (Å²) in [5.41, 5.74) is 2.15. The van der Waals surface area contributed by atoms with Crippen LogP contribution >= 0.6 is 90.7 Å². The highest BCUT2D eigenvalue weighted by molar-refractivity contribution is 7.40. The zero-order valence-electron chi connectivity index (χ0n) is 16.8. The quantitative estimate of drug-likeness (QED) is 0.203. The third-order valence-corrected chi connectivity index (χ3v) is 15.3. The van der Waals surface area contributed by atoms with Gasteiger partial charge in [-0.2, -0.15) is 0 Å². The second-order valence-electron chi connectivity index (χ2n) is 7.87. The zero-order valence-corrected chi connectivity index (χ0v) is 23.3. The van der Waals surface area contributed by atoms with Crippen LogP contribution in [-0.4, -0.2) is 9.97 Å². The van der Waals surface area contributed by atoms with Gasteiger partial charge in [0.05, 0.1) is 49.0 Å². The van der Waals surface area contributed by atoms with Gasteiger partial charge in [-0.25, -0.2) is 9.97 Å². The van der Waals surface area contributed by atoms with Crippen molar-refractivity contribution in [3.63, 3.8) is 0 Å². The van der Waals surface area contributed by atoms with Crippen molar-refractivity contribution in [2.45, 2.75) is 0 Å². The molecule has 0 aliphatic rings. The van der Waals surface area contributed by atoms with E-state index >= 15 is 0 Å². The van der Waals surface area contributed by atoms with Crippen molar-refractivity contribution in [2.24, 2.45) is 0 Å². The lowest BCUT2D eigenvalue weighted by Crippen LogP contribution is -1.71. The minimum absolute atomic E-state index is 1.08. The molecule has 0 spiro atoms. The van der Waals surface area contributed by atoms with Crippen molar-refractivity contribution in [3.05, 3.63) is 47.2 Å². The normalized spacial score (nSPS) is 12.7. The summed E-state index contributed by atoms with van der Waals surface area (Å²) >= 11 is 14.8. The van der Waals surface area contributed by atoms with E-state index in [9.17, 15) is 0 Å². The van der Waals surface area contributed by atoms with E-state index in [-0.39, 0.29) is 0 Å². The minimum Gasteiger partial charge on any atom is -0.235 e. The standard InChI is InChI=1S/C24H8N2S8/c1-3-27-19-11(1)29-15-7-17(31-21(15)19)23-25-9-5-14-10(6-13(9)33-23)26-24(34-14)18-8-16-22(32-18)20-12(30-16)2-4-28-20/h1-8H. The van der Waals surface area contributed by atoms with E-state index in [0.29, 0.717) is 0 Å². The maximum atomic E-state index is 5.03. The molecule has 0 saturated heterocycles. The van der Waals surface area contributed by atoms with Gasteiger partial charge in [0, 0.05) is 18.8 Å². The van der Waals surface area contributed by atoms with Crippen molar-refractivity contribution in [1.29, 1.82) is 0 Å². The summed E-state index contributed by atoms with van der Waals surface area (Å²) in [6, 6.07) is 13.6. The molecule has 34 heavy (non-hydrogen) atoms. The highest BCUT2D eigenvalue weighted by Gasteiger charge is 2.18. The summed E-state index contributed by atoms with van der Waals surface area (Å²) in [5, 5.41) is 6.61. The van der Waals surface area contributed by atoms with Gasteiger partial charge < -0.3 is 0 Å². The number of thiazole rings is 2. The van der Waals surface area contributed by atoms with Gasteiger partial charge in [-0.05, 0) is 47.2 Å². The van der Waals surface area contributed by atoms with E-state index in [1.807, 2.05) is 68.0 Å². The number of thiophene rings is 6. The lowest BCUT2D eigenvalue weighted by atomic mass is 10.3. The molecule has 8 heterocycles. The fraction of sp³-hybridized carbons (Fsp3) is 0. The fourth-order valence-corrected chi connectivity index (χ4v) is 13.9. The van der Waals surface area contributed by atoms with Gasteiger partial charge in [0.25, 0.3) is 0 Å². The summed E-state index contributed by atoms with van der Waals surface area (Å²) < 4.78 is 13.6. The summed E-state index contributed by atoms with van der Waals surface area (Å²) in [5.74, 6) is 0. The third kappa shape index (κ3) is 2.68. The lowest BCUT2D eigenvalue weighted by Gasteiger charge is -1.87. The Kier molecular flexibility index (Phi) is 3.96. The Labute approximate surface area is 223 Å². The molecule has 8 aromatic heterocycles. The first-order valence-corrected chi connectivity index (χ1v) is 16.9. The lowest BCUT2D eigenvalue weighted by molar-refractivity contribution is 1.49. The molecule has 0 aliphatic carbocycles. The second-order valence-corrected chi connectivity index (χ2v) is 16.0. The van der Waals surface area contributed by atoms with Crippen LogP contribution in [0.15, 0.2) is 47.2 Å². The molecule has 162 valence electrons. The first-order valence-electron chi connectivity index (χ1n) is 10.3. The molecular weight excluding hydrogens is 573 g/mol. The monoisotopic (exact) mass is 580 g/mol. The first kappa shape index (κ1) is 19.4. The topological polar surface area (TPSA) is 25.8 Å². The summed E-state index contributed by atoms with van der Waals surface area (Å²) in [4.78, 5) is 12.6. The summed E-state index contributed by atoms with van der Waals surface area (Å²) in [7, 11) is 0. The van der Waals surface area contributed by atoms with E-state index in [0.717, 1.165) is 21.0 Å². The molecule has 1 aromatic carbocycles. The largest absolute Gasteiger partial charge is 0.235 e. The number of benzene rings is 1. The zero-order chi connectivity index (χ0) is 22.0. The molecule has 10 heteroatoms. The van der Waals surface area contributed by atoms with Crippen LogP contribution in [0.5, 0.6) is 0 Å². The summed E-state index contributed by atoms with van der Waals surface area (Å²) in [6.07, 6.45) is 0. The smallest absolute Gasteiger partial charge is 0.134 e. The van der Waals surface area contributed by atoms with Gasteiger partial charge in [0.2, 0.25) is 0 Å². The van der Waals surface area contributed by atoms with E-state index < -0.39 is 0 Å². The Balaban J connectivity index is 1.15. The van der Waals surface area contributed by atoms with Gasteiger partial charge >= 0.3 is 0 Å². The van der Waals surface area contributed by atoms with Crippen LogP contribution in [0.25, 0.3) is 77.8 Å². The Bertz CT molecular complexity index is 1990. The van der Waals surface area contributed by atoms with Gasteiger partial charge in [0.15, 0.2) is 0 Å². The maximum absolute atomic E-state index is 5.03. The van der Waals surface area contributed by atoms with Crippen LogP contribution in [0.4, 0.5) is 0 Å². The fourth-order valence-electron chi connectivity index (χ4n) is 4.31. The van der Waals surface area contributed by atoms with Crippen molar-refractivity contribution < 1.29 is 0 Å². The van der Waals surface area contributed by atoms with Gasteiger partial charge in [0.1, 0.15) is 10.0 Å². The van der Waals surface area contributed by atoms with Crippen molar-refractivity contribution in [2.75, 3.05) is 0 Å². The molecule has 0 saturated carbocycles. The van der Waals surface area contributed by atoms with Crippen molar-refractivity contribution in [1.82, 2.24) is 9.97 Å². The van der Waals surface area contributed by atoms with Crippen LogP contribution in [0.1, 0.15) is 0 Å². The van der Waals surface area contributed by atoms with Gasteiger partial charge in [-0.15, -0.1) is 90.7 Å². The number of hydrogen-bond acceptors (Lipinski definition) is 10. The molecule has 0 atom stereocenters. The van der Waals surface area contributed by atoms with Crippen molar-refractivity contribution >= 4 is 149 Å². The molecular formula is C24H8N2S8. The molecule has 0 unspecified atom stereocenters. The molecule has 2 nitrogen and oxygen atoms in total. The Morgan fingerprint density at radius 1 is 0.441 bits per heavy atom. The predicted octanol–water partition coefficient (Wildman–Crippen LogP) is 11.2. The number of rotatable bonds is 2. The average Bonchev–Trinajstić information content (AvgIpc) is 3.63. The van der Waals surface area contributed by atoms with Crippen LogP contribution in [0.2, 0.25) is 0 Å². The molecule has 0 amide bonds. The molecule has 0 bridgehead atoms. The van der Waals surface area contributed by atoms with E-state index in [1.54, 1.807) is 22.7 Å². The molecule has 9 rings (SSSR count). The Hall–Kier alpha value is -1.76. The number of aromatic nitrogens is 2. The Morgan fingerprint density at radius 3 is 1.44 bits per heavy atom. The van der Waals surface area contributed by atoms with Gasteiger partial charge in [-0.1, -0.05) is 0 Å². The Morgan fingerprint density at radius 2 is 0.941 bits per heavy atom. The van der Waals surface area contributed by atoms with Crippen LogP contribution < -0.4 is 0 Å². The third-order valence-electron chi connectivity index (χ3n) is 5.83. The van der Waals surface area contributed by atoms with Gasteiger partial charge in [-0.3, -0.25) is 0 Å². The molecule has 9 aromatic rings. The van der Waals surface area contributed by atoms with Crippen LogP contribution in [0, 0.1) is 0 Å².